The average molecular weight is 201 g/mol. The Hall–Kier alpha value is -0.810. The second-order valence-corrected chi connectivity index (χ2v) is 4.12. The molecule has 2 fully saturated rings. The molecule has 0 aliphatic carbocycles. The summed E-state index contributed by atoms with van der Waals surface area (Å²) in [6.07, 6.45) is 0.831. The number of carbonyl (C=O) groups is 1. The van der Waals surface area contributed by atoms with Crippen LogP contribution < -0.4 is 0 Å². The van der Waals surface area contributed by atoms with Gasteiger partial charge in [-0.05, 0) is 12.8 Å². The molecule has 1 atom stereocenters. The number of rotatable bonds is 0. The highest BCUT2D eigenvalue weighted by Gasteiger charge is 2.42. The predicted molar refractivity (Wildman–Crippen MR) is 48.1 cm³/mol. The number of aliphatic hydroxyl groups is 1. The lowest BCUT2D eigenvalue weighted by atomic mass is 9.88. The van der Waals surface area contributed by atoms with E-state index in [-0.39, 0.29) is 11.7 Å². The number of ether oxygens (including phenoxy) is 1. The van der Waals surface area contributed by atoms with Crippen molar-refractivity contribution in [3.05, 3.63) is 0 Å². The monoisotopic (exact) mass is 201 g/mol. The summed E-state index contributed by atoms with van der Waals surface area (Å²) in [5, 5.41) is 18.1. The zero-order chi connectivity index (χ0) is 10.2. The number of nitrogens with zero attached hydrogens (tertiary/aromatic N) is 1. The Labute approximate surface area is 82.3 Å². The van der Waals surface area contributed by atoms with E-state index in [1.54, 1.807) is 0 Å². The Morgan fingerprint density at radius 1 is 1.43 bits per heavy atom. The van der Waals surface area contributed by atoms with Gasteiger partial charge in [-0.15, -0.1) is 0 Å². The van der Waals surface area contributed by atoms with Gasteiger partial charge in [-0.2, -0.15) is 0 Å². The molecule has 2 rings (SSSR count). The maximum absolute atomic E-state index is 10.7. The van der Waals surface area contributed by atoms with Crippen molar-refractivity contribution in [2.24, 2.45) is 0 Å². The lowest BCUT2D eigenvalue weighted by Gasteiger charge is -2.37. The van der Waals surface area contributed by atoms with Crippen molar-refractivity contribution >= 4 is 6.09 Å². The van der Waals surface area contributed by atoms with Gasteiger partial charge in [0.15, 0.2) is 0 Å². The van der Waals surface area contributed by atoms with Crippen LogP contribution in [0.5, 0.6) is 0 Å². The summed E-state index contributed by atoms with van der Waals surface area (Å²) in [7, 11) is 0. The lowest BCUT2D eigenvalue weighted by molar-refractivity contribution is -0.0403. The van der Waals surface area contributed by atoms with Crippen molar-refractivity contribution in [1.29, 1.82) is 0 Å². The SMILES string of the molecule is O=C(O)N1CCC2(CC1)C[C@@H](O)CO2. The molecule has 0 saturated carbocycles. The maximum Gasteiger partial charge on any atom is 0.407 e. The van der Waals surface area contributed by atoms with Gasteiger partial charge in [0.2, 0.25) is 0 Å². The number of piperidine rings is 1. The van der Waals surface area contributed by atoms with Gasteiger partial charge in [-0.1, -0.05) is 0 Å². The van der Waals surface area contributed by atoms with E-state index in [0.29, 0.717) is 39.0 Å². The molecule has 0 radical (unpaired) electrons. The highest BCUT2D eigenvalue weighted by Crippen LogP contribution is 2.35. The van der Waals surface area contributed by atoms with Crippen LogP contribution in [-0.2, 0) is 4.74 Å². The van der Waals surface area contributed by atoms with Crippen molar-refractivity contribution in [3.8, 4) is 0 Å². The van der Waals surface area contributed by atoms with Crippen LogP contribution in [0.1, 0.15) is 19.3 Å². The maximum atomic E-state index is 10.7. The van der Waals surface area contributed by atoms with E-state index in [1.165, 1.54) is 4.90 Å². The zero-order valence-electron chi connectivity index (χ0n) is 7.98. The fraction of sp³-hybridized carbons (Fsp3) is 0.889. The minimum absolute atomic E-state index is 0.245. The fourth-order valence-electron chi connectivity index (χ4n) is 2.27. The fourth-order valence-corrected chi connectivity index (χ4v) is 2.27. The second kappa shape index (κ2) is 3.40. The summed E-state index contributed by atoms with van der Waals surface area (Å²) in [4.78, 5) is 12.1. The molecule has 2 N–H and O–H groups in total. The van der Waals surface area contributed by atoms with Crippen molar-refractivity contribution in [2.45, 2.75) is 31.0 Å². The third-order valence-electron chi connectivity index (χ3n) is 3.13. The van der Waals surface area contributed by atoms with E-state index in [0.717, 1.165) is 0 Å². The number of aliphatic hydroxyl groups excluding tert-OH is 1. The molecule has 14 heavy (non-hydrogen) atoms. The Morgan fingerprint density at radius 3 is 2.50 bits per heavy atom. The molecule has 0 aromatic rings. The summed E-state index contributed by atoms with van der Waals surface area (Å²) >= 11 is 0. The van der Waals surface area contributed by atoms with Crippen LogP contribution in [-0.4, -0.2) is 52.6 Å². The molecule has 80 valence electrons. The van der Waals surface area contributed by atoms with Crippen LogP contribution >= 0.6 is 0 Å². The normalized spacial score (nSPS) is 30.9. The van der Waals surface area contributed by atoms with Gasteiger partial charge in [0.25, 0.3) is 0 Å². The largest absolute Gasteiger partial charge is 0.465 e. The van der Waals surface area contributed by atoms with E-state index in [2.05, 4.69) is 0 Å². The quantitative estimate of drug-likeness (QED) is 0.590. The standard InChI is InChI=1S/C9H15NO4/c11-7-5-9(14-6-7)1-3-10(4-2-9)8(12)13/h7,11H,1-6H2,(H,12,13)/t7-/m1/s1. The first kappa shape index (κ1) is 9.73. The first-order valence-corrected chi connectivity index (χ1v) is 4.91. The minimum atomic E-state index is -0.863. The second-order valence-electron chi connectivity index (χ2n) is 4.12. The predicted octanol–water partition coefficient (Wildman–Crippen LogP) is 0.280. The number of amides is 1. The molecule has 5 heteroatoms. The van der Waals surface area contributed by atoms with Crippen LogP contribution in [0.2, 0.25) is 0 Å². The Balaban J connectivity index is 1.92. The van der Waals surface area contributed by atoms with Crippen LogP contribution in [0, 0.1) is 0 Å². The third-order valence-corrected chi connectivity index (χ3v) is 3.13. The highest BCUT2D eigenvalue weighted by molar-refractivity contribution is 5.65. The molecule has 0 aromatic heterocycles. The molecular weight excluding hydrogens is 186 g/mol. The number of hydrogen-bond donors (Lipinski definition) is 2. The summed E-state index contributed by atoms with van der Waals surface area (Å²) < 4.78 is 5.55. The summed E-state index contributed by atoms with van der Waals surface area (Å²) in [6, 6.07) is 0. The highest BCUT2D eigenvalue weighted by atomic mass is 16.5. The van der Waals surface area contributed by atoms with Crippen molar-refractivity contribution < 1.29 is 19.7 Å². The molecule has 1 amide bonds. The number of likely N-dealkylation sites (tertiary alicyclic amines) is 1. The summed E-state index contributed by atoms with van der Waals surface area (Å²) in [5.41, 5.74) is -0.245. The van der Waals surface area contributed by atoms with Crippen molar-refractivity contribution in [2.75, 3.05) is 19.7 Å². The van der Waals surface area contributed by atoms with Gasteiger partial charge in [0, 0.05) is 19.5 Å². The van der Waals surface area contributed by atoms with Gasteiger partial charge < -0.3 is 19.8 Å². The molecule has 0 bridgehead atoms. The molecule has 2 aliphatic heterocycles. The van der Waals surface area contributed by atoms with E-state index < -0.39 is 6.09 Å². The molecule has 0 aromatic carbocycles. The first-order chi connectivity index (χ1) is 6.61. The molecule has 2 heterocycles. The van der Waals surface area contributed by atoms with E-state index in [9.17, 15) is 9.90 Å². The van der Waals surface area contributed by atoms with E-state index in [1.807, 2.05) is 0 Å². The Morgan fingerprint density at radius 2 is 2.07 bits per heavy atom. The number of carboxylic acid groups (broad SMARTS) is 1. The van der Waals surface area contributed by atoms with Crippen molar-refractivity contribution in [1.82, 2.24) is 4.90 Å². The van der Waals surface area contributed by atoms with E-state index >= 15 is 0 Å². The van der Waals surface area contributed by atoms with Crippen LogP contribution in [0.25, 0.3) is 0 Å². The molecule has 0 unspecified atom stereocenters. The van der Waals surface area contributed by atoms with Crippen LogP contribution in [0.3, 0.4) is 0 Å². The number of hydrogen-bond acceptors (Lipinski definition) is 3. The smallest absolute Gasteiger partial charge is 0.407 e. The van der Waals surface area contributed by atoms with Gasteiger partial charge in [-0.25, -0.2) is 4.79 Å². The molecule has 1 spiro atoms. The summed E-state index contributed by atoms with van der Waals surface area (Å²) in [5.74, 6) is 0. The van der Waals surface area contributed by atoms with Crippen molar-refractivity contribution in [3.63, 3.8) is 0 Å². The Bertz CT molecular complexity index is 235. The topological polar surface area (TPSA) is 70.0 Å². The van der Waals surface area contributed by atoms with Crippen LogP contribution in [0.15, 0.2) is 0 Å². The van der Waals surface area contributed by atoms with Crippen LogP contribution in [0.4, 0.5) is 4.79 Å². The minimum Gasteiger partial charge on any atom is -0.465 e. The molecule has 2 saturated heterocycles. The molecule has 5 nitrogen and oxygen atoms in total. The summed E-state index contributed by atoms with van der Waals surface area (Å²) in [6.45, 7) is 1.43. The lowest BCUT2D eigenvalue weighted by Crippen LogP contribution is -2.46. The molecular formula is C9H15NO4. The average Bonchev–Trinajstić information content (AvgIpc) is 2.48. The first-order valence-electron chi connectivity index (χ1n) is 4.91. The third kappa shape index (κ3) is 1.69. The van der Waals surface area contributed by atoms with Gasteiger partial charge in [-0.3, -0.25) is 0 Å². The van der Waals surface area contributed by atoms with E-state index in [4.69, 9.17) is 9.84 Å². The van der Waals surface area contributed by atoms with Gasteiger partial charge in [0.05, 0.1) is 18.3 Å². The van der Waals surface area contributed by atoms with Gasteiger partial charge in [0.1, 0.15) is 0 Å². The zero-order valence-corrected chi connectivity index (χ0v) is 7.98. The van der Waals surface area contributed by atoms with Gasteiger partial charge >= 0.3 is 6.09 Å². The molecule has 2 aliphatic rings. The Kier molecular flexibility index (Phi) is 2.36.